The lowest BCUT2D eigenvalue weighted by atomic mass is 9.95. The van der Waals surface area contributed by atoms with E-state index in [0.717, 1.165) is 0 Å². The van der Waals surface area contributed by atoms with Gasteiger partial charge >= 0.3 is 6.18 Å². The van der Waals surface area contributed by atoms with Crippen molar-refractivity contribution in [3.63, 3.8) is 0 Å². The van der Waals surface area contributed by atoms with Crippen molar-refractivity contribution in [3.05, 3.63) is 41.0 Å². The first-order valence-corrected chi connectivity index (χ1v) is 5.63. The number of nitrogens with two attached hydrogens (primary N) is 1. The van der Waals surface area contributed by atoms with Crippen LogP contribution in [0.3, 0.4) is 0 Å². The molecular weight excluding hydrogens is 265 g/mol. The standard InChI is InChI=1S/C12H10ClF3N2/c13-9-4-3-7-2-1-5-18-11(7)10(9)8(6-17)12(14,15)16/h1-5,8H,6,17H2. The quantitative estimate of drug-likeness (QED) is 0.910. The Kier molecular flexibility index (Phi) is 3.45. The fourth-order valence-corrected chi connectivity index (χ4v) is 2.17. The van der Waals surface area contributed by atoms with Crippen LogP contribution in [0.5, 0.6) is 0 Å². The van der Waals surface area contributed by atoms with Crippen LogP contribution < -0.4 is 5.73 Å². The van der Waals surface area contributed by atoms with E-state index in [1.807, 2.05) is 0 Å². The highest BCUT2D eigenvalue weighted by atomic mass is 35.5. The minimum atomic E-state index is -4.44. The molecule has 0 aliphatic heterocycles. The molecule has 2 aromatic rings. The topological polar surface area (TPSA) is 38.9 Å². The number of benzene rings is 1. The Hall–Kier alpha value is -1.33. The van der Waals surface area contributed by atoms with E-state index in [1.54, 1.807) is 18.2 Å². The van der Waals surface area contributed by atoms with Gasteiger partial charge in [-0.15, -0.1) is 0 Å². The van der Waals surface area contributed by atoms with E-state index in [4.69, 9.17) is 17.3 Å². The second kappa shape index (κ2) is 4.74. The molecule has 0 saturated carbocycles. The average Bonchev–Trinajstić information content (AvgIpc) is 2.31. The minimum Gasteiger partial charge on any atom is -0.330 e. The van der Waals surface area contributed by atoms with Gasteiger partial charge < -0.3 is 5.73 Å². The molecule has 2 rings (SSSR count). The maximum atomic E-state index is 12.9. The molecule has 0 fully saturated rings. The number of rotatable bonds is 2. The van der Waals surface area contributed by atoms with Crippen LogP contribution in [0.15, 0.2) is 30.5 Å². The molecule has 1 aromatic heterocycles. The van der Waals surface area contributed by atoms with E-state index in [2.05, 4.69) is 4.98 Å². The Balaban J connectivity index is 2.72. The molecule has 1 heterocycles. The second-order valence-electron chi connectivity index (χ2n) is 3.87. The molecule has 0 amide bonds. The van der Waals surface area contributed by atoms with Crippen LogP contribution in [0.4, 0.5) is 13.2 Å². The van der Waals surface area contributed by atoms with Gasteiger partial charge in [-0.2, -0.15) is 13.2 Å². The van der Waals surface area contributed by atoms with Crippen LogP contribution in [0.2, 0.25) is 5.02 Å². The van der Waals surface area contributed by atoms with E-state index in [0.29, 0.717) is 5.39 Å². The second-order valence-corrected chi connectivity index (χ2v) is 4.27. The zero-order valence-corrected chi connectivity index (χ0v) is 9.96. The highest BCUT2D eigenvalue weighted by Crippen LogP contribution is 2.40. The number of pyridine rings is 1. The molecule has 6 heteroatoms. The summed E-state index contributed by atoms with van der Waals surface area (Å²) >= 11 is 5.89. The summed E-state index contributed by atoms with van der Waals surface area (Å²) < 4.78 is 38.8. The van der Waals surface area contributed by atoms with E-state index >= 15 is 0 Å². The summed E-state index contributed by atoms with van der Waals surface area (Å²) in [6.07, 6.45) is -3.00. The summed E-state index contributed by atoms with van der Waals surface area (Å²) in [5, 5.41) is 0.647. The Bertz CT molecular complexity index is 569. The van der Waals surface area contributed by atoms with Crippen molar-refractivity contribution in [2.45, 2.75) is 12.1 Å². The Morgan fingerprint density at radius 2 is 2.00 bits per heavy atom. The molecule has 2 N–H and O–H groups in total. The average molecular weight is 275 g/mol. The normalized spacial score (nSPS) is 13.8. The fraction of sp³-hybridized carbons (Fsp3) is 0.250. The third-order valence-electron chi connectivity index (χ3n) is 2.74. The molecule has 1 aromatic carbocycles. The smallest absolute Gasteiger partial charge is 0.330 e. The molecule has 0 spiro atoms. The van der Waals surface area contributed by atoms with Crippen molar-refractivity contribution < 1.29 is 13.2 Å². The lowest BCUT2D eigenvalue weighted by molar-refractivity contribution is -0.147. The van der Waals surface area contributed by atoms with Gasteiger partial charge in [-0.1, -0.05) is 23.7 Å². The molecule has 1 unspecified atom stereocenters. The summed E-state index contributed by atoms with van der Waals surface area (Å²) in [4.78, 5) is 3.98. The summed E-state index contributed by atoms with van der Waals surface area (Å²) in [5.41, 5.74) is 5.44. The number of alkyl halides is 3. The molecule has 0 aliphatic rings. The number of hydrogen-bond acceptors (Lipinski definition) is 2. The van der Waals surface area contributed by atoms with Gasteiger partial charge in [-0.25, -0.2) is 0 Å². The number of nitrogens with zero attached hydrogens (tertiary/aromatic N) is 1. The zero-order chi connectivity index (χ0) is 13.3. The first kappa shape index (κ1) is 13.1. The van der Waals surface area contributed by atoms with Gasteiger partial charge in [0.25, 0.3) is 0 Å². The molecule has 2 nitrogen and oxygen atoms in total. The molecule has 18 heavy (non-hydrogen) atoms. The van der Waals surface area contributed by atoms with Gasteiger partial charge in [-0.05, 0) is 12.1 Å². The van der Waals surface area contributed by atoms with Crippen LogP contribution in [-0.2, 0) is 0 Å². The predicted molar refractivity (Wildman–Crippen MR) is 64.6 cm³/mol. The number of hydrogen-bond donors (Lipinski definition) is 1. The lowest BCUT2D eigenvalue weighted by Crippen LogP contribution is -2.28. The van der Waals surface area contributed by atoms with Gasteiger partial charge in [0, 0.05) is 28.7 Å². The van der Waals surface area contributed by atoms with Crippen LogP contribution >= 0.6 is 11.6 Å². The maximum absolute atomic E-state index is 12.9. The van der Waals surface area contributed by atoms with Crippen LogP contribution in [-0.4, -0.2) is 17.7 Å². The first-order valence-electron chi connectivity index (χ1n) is 5.25. The molecule has 0 radical (unpaired) electrons. The fourth-order valence-electron chi connectivity index (χ4n) is 1.89. The van der Waals surface area contributed by atoms with E-state index in [9.17, 15) is 13.2 Å². The summed E-state index contributed by atoms with van der Waals surface area (Å²) in [7, 11) is 0. The van der Waals surface area contributed by atoms with Crippen molar-refractivity contribution >= 4 is 22.5 Å². The van der Waals surface area contributed by atoms with Crippen molar-refractivity contribution in [3.8, 4) is 0 Å². The Morgan fingerprint density at radius 1 is 1.28 bits per heavy atom. The number of fused-ring (bicyclic) bond motifs is 1. The van der Waals surface area contributed by atoms with Gasteiger partial charge in [0.15, 0.2) is 0 Å². The molecule has 0 saturated heterocycles. The summed E-state index contributed by atoms with van der Waals surface area (Å²) in [6, 6.07) is 6.42. The number of aromatic nitrogens is 1. The van der Waals surface area contributed by atoms with Crippen molar-refractivity contribution in [1.82, 2.24) is 4.98 Å². The maximum Gasteiger partial charge on any atom is 0.397 e. The van der Waals surface area contributed by atoms with E-state index in [1.165, 1.54) is 12.3 Å². The zero-order valence-electron chi connectivity index (χ0n) is 9.21. The Morgan fingerprint density at radius 3 is 2.61 bits per heavy atom. The summed E-state index contributed by atoms with van der Waals surface area (Å²) in [6.45, 7) is -0.557. The molecule has 0 aliphatic carbocycles. The molecule has 1 atom stereocenters. The summed E-state index contributed by atoms with van der Waals surface area (Å²) in [5.74, 6) is -1.80. The van der Waals surface area contributed by atoms with E-state index in [-0.39, 0.29) is 16.1 Å². The SMILES string of the molecule is NCC(c1c(Cl)ccc2cccnc12)C(F)(F)F. The minimum absolute atomic E-state index is 0.0361. The largest absolute Gasteiger partial charge is 0.397 e. The third kappa shape index (κ3) is 2.28. The highest BCUT2D eigenvalue weighted by Gasteiger charge is 2.41. The van der Waals surface area contributed by atoms with Crippen molar-refractivity contribution in [2.24, 2.45) is 5.73 Å². The highest BCUT2D eigenvalue weighted by molar-refractivity contribution is 6.32. The van der Waals surface area contributed by atoms with Crippen LogP contribution in [0.25, 0.3) is 10.9 Å². The first-order chi connectivity index (χ1) is 8.45. The van der Waals surface area contributed by atoms with Crippen LogP contribution in [0, 0.1) is 0 Å². The van der Waals surface area contributed by atoms with E-state index < -0.39 is 18.6 Å². The molecular formula is C12H10ClF3N2. The van der Waals surface area contributed by atoms with Gasteiger partial charge in [-0.3, -0.25) is 4.98 Å². The van der Waals surface area contributed by atoms with Gasteiger partial charge in [0.1, 0.15) is 0 Å². The van der Waals surface area contributed by atoms with Crippen molar-refractivity contribution in [2.75, 3.05) is 6.54 Å². The van der Waals surface area contributed by atoms with Gasteiger partial charge in [0.05, 0.1) is 11.4 Å². The lowest BCUT2D eigenvalue weighted by Gasteiger charge is -2.21. The predicted octanol–water partition coefficient (Wildman–Crippen LogP) is 3.49. The van der Waals surface area contributed by atoms with Gasteiger partial charge in [0.2, 0.25) is 0 Å². The molecule has 0 bridgehead atoms. The Labute approximate surface area is 107 Å². The molecule has 96 valence electrons. The van der Waals surface area contributed by atoms with Crippen molar-refractivity contribution in [1.29, 1.82) is 0 Å². The number of halogens is 4. The third-order valence-corrected chi connectivity index (χ3v) is 3.07. The van der Waals surface area contributed by atoms with Crippen LogP contribution in [0.1, 0.15) is 11.5 Å². The monoisotopic (exact) mass is 274 g/mol.